The Bertz CT molecular complexity index is 982. The lowest BCUT2D eigenvalue weighted by molar-refractivity contribution is -0.191. The highest BCUT2D eigenvalue weighted by Gasteiger charge is 2.63. The molecule has 0 aromatic heterocycles. The maximum atomic E-state index is 12.1. The van der Waals surface area contributed by atoms with Crippen molar-refractivity contribution in [3.05, 3.63) is 83.6 Å². The molecule has 7 heteroatoms. The Hall–Kier alpha value is -2.71. The van der Waals surface area contributed by atoms with Gasteiger partial charge in [0.1, 0.15) is 11.7 Å². The number of amides is 1. The number of carbonyl (C=O) groups excluding carboxylic acids is 1. The summed E-state index contributed by atoms with van der Waals surface area (Å²) in [5.41, 5.74) is 1.33. The molecule has 2 N–H and O–H groups in total. The molecule has 1 aliphatic carbocycles. The van der Waals surface area contributed by atoms with E-state index in [9.17, 15) is 9.90 Å². The van der Waals surface area contributed by atoms with E-state index in [1.54, 1.807) is 6.92 Å². The first-order valence-electron chi connectivity index (χ1n) is 11.0. The number of rotatable bonds is 7. The molecule has 1 saturated carbocycles. The minimum Gasteiger partial charge on any atom is -0.382 e. The summed E-state index contributed by atoms with van der Waals surface area (Å²) < 4.78 is 18.3. The van der Waals surface area contributed by atoms with Gasteiger partial charge in [-0.15, -0.1) is 0 Å². The van der Waals surface area contributed by atoms with Gasteiger partial charge in [0.05, 0.1) is 32.0 Å². The number of nitrogens with zero attached hydrogens (tertiary/aromatic N) is 1. The summed E-state index contributed by atoms with van der Waals surface area (Å²) in [5, 5.41) is 14.7. The molecule has 168 valence electrons. The zero-order chi connectivity index (χ0) is 22.1. The molecule has 5 rings (SSSR count). The van der Waals surface area contributed by atoms with Crippen LogP contribution in [0.4, 0.5) is 0 Å². The van der Waals surface area contributed by atoms with Crippen LogP contribution in [-0.2, 0) is 32.2 Å². The molecule has 0 radical (unpaired) electrons. The highest BCUT2D eigenvalue weighted by atomic mass is 16.6. The van der Waals surface area contributed by atoms with E-state index in [0.717, 1.165) is 11.1 Å². The Balaban J connectivity index is 1.34. The summed E-state index contributed by atoms with van der Waals surface area (Å²) in [6.45, 7) is 2.61. The summed E-state index contributed by atoms with van der Waals surface area (Å²) >= 11 is 0. The minimum absolute atomic E-state index is 0.0692. The van der Waals surface area contributed by atoms with Gasteiger partial charge in [-0.2, -0.15) is 0 Å². The van der Waals surface area contributed by atoms with Gasteiger partial charge in [-0.3, -0.25) is 4.79 Å². The monoisotopic (exact) mass is 436 g/mol. The topological polar surface area (TPSA) is 80.3 Å². The van der Waals surface area contributed by atoms with Gasteiger partial charge < -0.3 is 29.5 Å². The fraction of sp³-hybridized carbons (Fsp3) is 0.400. The smallest absolute Gasteiger partial charge is 0.251 e. The van der Waals surface area contributed by atoms with Gasteiger partial charge in [0, 0.05) is 11.8 Å². The van der Waals surface area contributed by atoms with E-state index in [4.69, 9.17) is 14.2 Å². The molecule has 0 spiro atoms. The molecule has 0 bridgehead atoms. The van der Waals surface area contributed by atoms with Gasteiger partial charge in [0.2, 0.25) is 6.35 Å². The third-order valence-electron chi connectivity index (χ3n) is 6.48. The van der Waals surface area contributed by atoms with Crippen LogP contribution in [0.25, 0.3) is 0 Å². The Morgan fingerprint density at radius 1 is 1.09 bits per heavy atom. The summed E-state index contributed by atoms with van der Waals surface area (Å²) in [5.74, 6) is -0.160. The van der Waals surface area contributed by atoms with Gasteiger partial charge in [0.25, 0.3) is 5.91 Å². The molecule has 7 nitrogen and oxygen atoms in total. The van der Waals surface area contributed by atoms with Crippen LogP contribution in [0.15, 0.2) is 72.4 Å². The predicted octanol–water partition coefficient (Wildman–Crippen LogP) is 2.31. The molecule has 1 amide bonds. The number of aliphatic hydroxyl groups is 1. The quantitative estimate of drug-likeness (QED) is 0.694. The average Bonchev–Trinajstić information content (AvgIpc) is 3.28. The van der Waals surface area contributed by atoms with Crippen LogP contribution < -0.4 is 5.32 Å². The third-order valence-corrected chi connectivity index (χ3v) is 6.48. The fourth-order valence-corrected chi connectivity index (χ4v) is 4.78. The lowest BCUT2D eigenvalue weighted by Gasteiger charge is -2.35. The molecule has 2 heterocycles. The van der Waals surface area contributed by atoms with E-state index >= 15 is 0 Å². The van der Waals surface area contributed by atoms with Crippen LogP contribution in [0.2, 0.25) is 0 Å². The fourth-order valence-electron chi connectivity index (χ4n) is 4.78. The van der Waals surface area contributed by atoms with E-state index in [-0.39, 0.29) is 18.6 Å². The molecule has 2 aromatic carbocycles. The highest BCUT2D eigenvalue weighted by Crippen LogP contribution is 2.44. The number of ether oxygens (including phenoxy) is 3. The van der Waals surface area contributed by atoms with Crippen molar-refractivity contribution in [3.63, 3.8) is 0 Å². The number of carbonyl (C=O) groups is 1. The maximum absolute atomic E-state index is 12.1. The summed E-state index contributed by atoms with van der Waals surface area (Å²) in [6.07, 6.45) is 0.780. The lowest BCUT2D eigenvalue weighted by Crippen LogP contribution is -2.53. The zero-order valence-corrected chi connectivity index (χ0v) is 18.0. The van der Waals surface area contributed by atoms with E-state index in [2.05, 4.69) is 5.32 Å². The molecule has 2 aliphatic heterocycles. The number of fused-ring (bicyclic) bond motifs is 3. The first-order valence-corrected chi connectivity index (χ1v) is 11.0. The van der Waals surface area contributed by atoms with Crippen molar-refractivity contribution in [1.82, 2.24) is 10.2 Å². The van der Waals surface area contributed by atoms with Gasteiger partial charge >= 0.3 is 0 Å². The first kappa shape index (κ1) is 21.2. The molecule has 5 atom stereocenters. The van der Waals surface area contributed by atoms with Crippen molar-refractivity contribution >= 4 is 5.91 Å². The molecule has 3 aliphatic rings. The van der Waals surface area contributed by atoms with Crippen LogP contribution in [0.5, 0.6) is 0 Å². The summed E-state index contributed by atoms with van der Waals surface area (Å²) in [6, 6.07) is 19.6. The number of hydrogen-bond acceptors (Lipinski definition) is 6. The SMILES string of the molecule is CC1=CN2C(NC1=O)O[C@H]1[C@@H]2C[C@H](OCc2ccccc2)[C@@]1(O)COCc1ccccc1. The van der Waals surface area contributed by atoms with Gasteiger partial charge in [-0.05, 0) is 24.5 Å². The van der Waals surface area contributed by atoms with Crippen LogP contribution in [0.3, 0.4) is 0 Å². The second kappa shape index (κ2) is 8.67. The van der Waals surface area contributed by atoms with Crippen LogP contribution in [0, 0.1) is 0 Å². The Morgan fingerprint density at radius 2 is 1.75 bits per heavy atom. The molecule has 32 heavy (non-hydrogen) atoms. The Morgan fingerprint density at radius 3 is 2.44 bits per heavy atom. The van der Waals surface area contributed by atoms with Crippen molar-refractivity contribution in [2.75, 3.05) is 6.61 Å². The van der Waals surface area contributed by atoms with Gasteiger partial charge in [-0.25, -0.2) is 0 Å². The molecule has 2 fully saturated rings. The molecule has 2 aromatic rings. The lowest BCUT2D eigenvalue weighted by atomic mass is 9.98. The zero-order valence-electron chi connectivity index (χ0n) is 18.0. The molecule has 1 saturated heterocycles. The Kier molecular flexibility index (Phi) is 5.73. The third kappa shape index (κ3) is 3.93. The van der Waals surface area contributed by atoms with Gasteiger partial charge in [0.15, 0.2) is 0 Å². The summed E-state index contributed by atoms with van der Waals surface area (Å²) in [7, 11) is 0. The van der Waals surface area contributed by atoms with Crippen molar-refractivity contribution in [3.8, 4) is 0 Å². The van der Waals surface area contributed by atoms with Gasteiger partial charge in [-0.1, -0.05) is 60.7 Å². The largest absolute Gasteiger partial charge is 0.382 e. The van der Waals surface area contributed by atoms with Crippen LogP contribution >= 0.6 is 0 Å². The Labute approximate surface area is 187 Å². The second-order valence-electron chi connectivity index (χ2n) is 8.70. The van der Waals surface area contributed by atoms with Crippen molar-refractivity contribution in [2.24, 2.45) is 0 Å². The molecular weight excluding hydrogens is 408 g/mol. The summed E-state index contributed by atoms with van der Waals surface area (Å²) in [4.78, 5) is 14.1. The first-order chi connectivity index (χ1) is 15.5. The van der Waals surface area contributed by atoms with Crippen molar-refractivity contribution in [2.45, 2.75) is 56.8 Å². The standard InChI is InChI=1S/C25H28N2O5/c1-17-13-27-20-12-21(31-15-19-10-6-3-7-11-19)25(29,22(20)32-24(27)26-23(17)28)16-30-14-18-8-4-2-5-9-18/h2-11,13,20-22,24,29H,12,14-16H2,1H3,(H,26,28)/t20-,21-,22-,24?,25-/m0/s1. The minimum atomic E-state index is -1.35. The molecule has 1 unspecified atom stereocenters. The predicted molar refractivity (Wildman–Crippen MR) is 117 cm³/mol. The normalized spacial score (nSPS) is 31.1. The number of hydrogen-bond donors (Lipinski definition) is 2. The highest BCUT2D eigenvalue weighted by molar-refractivity contribution is 5.93. The van der Waals surface area contributed by atoms with E-state index in [1.165, 1.54) is 0 Å². The van der Waals surface area contributed by atoms with Crippen molar-refractivity contribution in [1.29, 1.82) is 0 Å². The van der Waals surface area contributed by atoms with E-state index in [0.29, 0.717) is 25.2 Å². The van der Waals surface area contributed by atoms with E-state index < -0.39 is 24.2 Å². The van der Waals surface area contributed by atoms with E-state index in [1.807, 2.05) is 71.8 Å². The van der Waals surface area contributed by atoms with Crippen LogP contribution in [-0.4, -0.2) is 52.7 Å². The number of benzene rings is 2. The number of nitrogens with one attached hydrogen (secondary N) is 1. The average molecular weight is 437 g/mol. The maximum Gasteiger partial charge on any atom is 0.251 e. The molecular formula is C25H28N2O5. The van der Waals surface area contributed by atoms with Crippen LogP contribution in [0.1, 0.15) is 24.5 Å². The second-order valence-corrected chi connectivity index (χ2v) is 8.70. The van der Waals surface area contributed by atoms with Crippen molar-refractivity contribution < 1.29 is 24.1 Å².